The average molecular weight is 262 g/mol. The van der Waals surface area contributed by atoms with Gasteiger partial charge in [-0.3, -0.25) is 0 Å². The number of nitrogen functional groups attached to an aromatic ring is 1. The van der Waals surface area contributed by atoms with Crippen LogP contribution in [0.25, 0.3) is 10.2 Å². The molecule has 1 unspecified atom stereocenters. The normalized spacial score (nSPS) is 21.5. The topological polar surface area (TPSA) is 54.2 Å². The van der Waals surface area contributed by atoms with Crippen LogP contribution in [0.2, 0.25) is 0 Å². The van der Waals surface area contributed by atoms with Crippen molar-refractivity contribution in [2.75, 3.05) is 32.4 Å². The number of nitrogens with one attached hydrogen (secondary N) is 1. The van der Waals surface area contributed by atoms with E-state index in [0.717, 1.165) is 31.6 Å². The van der Waals surface area contributed by atoms with E-state index in [0.29, 0.717) is 11.2 Å². The number of anilines is 1. The molecule has 4 nitrogen and oxygen atoms in total. The number of aromatic nitrogens is 1. The van der Waals surface area contributed by atoms with Gasteiger partial charge < -0.3 is 16.0 Å². The van der Waals surface area contributed by atoms with Gasteiger partial charge in [0.1, 0.15) is 0 Å². The molecule has 5 heteroatoms. The summed E-state index contributed by atoms with van der Waals surface area (Å²) in [7, 11) is 2.20. The van der Waals surface area contributed by atoms with Gasteiger partial charge in [-0.05, 0) is 31.2 Å². The number of likely N-dealkylation sites (N-methyl/N-ethyl adjacent to an activating group) is 1. The minimum atomic E-state index is 0.585. The summed E-state index contributed by atoms with van der Waals surface area (Å²) in [5.41, 5.74) is 8.11. The van der Waals surface area contributed by atoms with Gasteiger partial charge in [0.25, 0.3) is 0 Å². The van der Waals surface area contributed by atoms with Crippen molar-refractivity contribution in [2.24, 2.45) is 0 Å². The molecule has 18 heavy (non-hydrogen) atoms. The Balaban J connectivity index is 1.81. The van der Waals surface area contributed by atoms with Crippen molar-refractivity contribution in [3.63, 3.8) is 0 Å². The van der Waals surface area contributed by atoms with Crippen molar-refractivity contribution in [3.8, 4) is 0 Å². The second kappa shape index (κ2) is 4.84. The van der Waals surface area contributed by atoms with E-state index in [1.807, 2.05) is 0 Å². The summed E-state index contributed by atoms with van der Waals surface area (Å²) in [6.07, 6.45) is 1.08. The van der Waals surface area contributed by atoms with E-state index in [4.69, 9.17) is 5.73 Å². The second-order valence-corrected chi connectivity index (χ2v) is 5.96. The molecule has 2 heterocycles. The van der Waals surface area contributed by atoms with Gasteiger partial charge >= 0.3 is 0 Å². The standard InChI is InChI=1S/C13H18N4S/c1-17-5-4-15-8-10(17)6-9-2-3-11-12(7-9)18-13(14)16-11/h2-3,7,10,15H,4-6,8H2,1H3,(H2,14,16). The van der Waals surface area contributed by atoms with E-state index in [1.165, 1.54) is 10.3 Å². The average Bonchev–Trinajstić information content (AvgIpc) is 2.71. The molecule has 0 amide bonds. The highest BCUT2D eigenvalue weighted by molar-refractivity contribution is 7.22. The Morgan fingerprint density at radius 1 is 1.56 bits per heavy atom. The number of fused-ring (bicyclic) bond motifs is 1. The summed E-state index contributed by atoms with van der Waals surface area (Å²) >= 11 is 1.57. The molecule has 0 aliphatic carbocycles. The van der Waals surface area contributed by atoms with Gasteiger partial charge in [-0.1, -0.05) is 17.4 Å². The first-order valence-corrected chi connectivity index (χ1v) is 7.10. The molecule has 1 aliphatic heterocycles. The van der Waals surface area contributed by atoms with E-state index in [9.17, 15) is 0 Å². The maximum absolute atomic E-state index is 5.74. The third kappa shape index (κ3) is 2.34. The quantitative estimate of drug-likeness (QED) is 0.857. The smallest absolute Gasteiger partial charge is 0.181 e. The van der Waals surface area contributed by atoms with Crippen LogP contribution in [0.5, 0.6) is 0 Å². The highest BCUT2D eigenvalue weighted by atomic mass is 32.1. The van der Waals surface area contributed by atoms with Gasteiger partial charge in [-0.2, -0.15) is 0 Å². The molecule has 0 bridgehead atoms. The SMILES string of the molecule is CN1CCNCC1Cc1ccc2nc(N)sc2c1. The first kappa shape index (κ1) is 11.9. The van der Waals surface area contributed by atoms with E-state index in [2.05, 4.69) is 40.4 Å². The summed E-state index contributed by atoms with van der Waals surface area (Å²) < 4.78 is 1.19. The highest BCUT2D eigenvalue weighted by Crippen LogP contribution is 2.25. The van der Waals surface area contributed by atoms with Crippen molar-refractivity contribution in [2.45, 2.75) is 12.5 Å². The molecule has 1 aromatic heterocycles. The fourth-order valence-electron chi connectivity index (χ4n) is 2.48. The summed E-state index contributed by atoms with van der Waals surface area (Å²) in [5.74, 6) is 0. The number of nitrogens with two attached hydrogens (primary N) is 1. The lowest BCUT2D eigenvalue weighted by Gasteiger charge is -2.33. The second-order valence-electron chi connectivity index (χ2n) is 4.90. The van der Waals surface area contributed by atoms with Gasteiger partial charge in [-0.15, -0.1) is 0 Å². The molecule has 1 fully saturated rings. The van der Waals surface area contributed by atoms with Crippen molar-refractivity contribution in [1.82, 2.24) is 15.2 Å². The fourth-order valence-corrected chi connectivity index (χ4v) is 3.27. The lowest BCUT2D eigenvalue weighted by atomic mass is 10.0. The number of piperazine rings is 1. The summed E-state index contributed by atoms with van der Waals surface area (Å²) in [6.45, 7) is 3.29. The van der Waals surface area contributed by atoms with Crippen LogP contribution in [-0.4, -0.2) is 42.6 Å². The monoisotopic (exact) mass is 262 g/mol. The molecule has 2 aromatic rings. The van der Waals surface area contributed by atoms with Gasteiger partial charge in [-0.25, -0.2) is 4.98 Å². The number of thiazole rings is 1. The predicted octanol–water partition coefficient (Wildman–Crippen LogP) is 1.32. The molecular formula is C13H18N4S. The van der Waals surface area contributed by atoms with Gasteiger partial charge in [0.2, 0.25) is 0 Å². The Hall–Kier alpha value is -1.17. The number of hydrogen-bond donors (Lipinski definition) is 2. The lowest BCUT2D eigenvalue weighted by Crippen LogP contribution is -2.50. The number of rotatable bonds is 2. The Bertz CT molecular complexity index is 551. The first-order valence-electron chi connectivity index (χ1n) is 6.28. The zero-order valence-corrected chi connectivity index (χ0v) is 11.3. The van der Waals surface area contributed by atoms with E-state index >= 15 is 0 Å². The Labute approximate surface area is 111 Å². The van der Waals surface area contributed by atoms with Crippen LogP contribution in [0.3, 0.4) is 0 Å². The van der Waals surface area contributed by atoms with Gasteiger partial charge in [0.15, 0.2) is 5.13 Å². The molecule has 0 saturated carbocycles. The highest BCUT2D eigenvalue weighted by Gasteiger charge is 2.18. The molecule has 0 radical (unpaired) electrons. The molecule has 1 aromatic carbocycles. The van der Waals surface area contributed by atoms with E-state index < -0.39 is 0 Å². The molecule has 0 spiro atoms. The molecule has 1 aliphatic rings. The van der Waals surface area contributed by atoms with Crippen molar-refractivity contribution >= 4 is 26.7 Å². The fraction of sp³-hybridized carbons (Fsp3) is 0.462. The van der Waals surface area contributed by atoms with Crippen LogP contribution < -0.4 is 11.1 Å². The first-order chi connectivity index (χ1) is 8.72. The van der Waals surface area contributed by atoms with Crippen molar-refractivity contribution in [3.05, 3.63) is 23.8 Å². The molecule has 3 rings (SSSR count). The zero-order chi connectivity index (χ0) is 12.5. The van der Waals surface area contributed by atoms with Crippen LogP contribution in [-0.2, 0) is 6.42 Å². The van der Waals surface area contributed by atoms with Crippen LogP contribution in [0.15, 0.2) is 18.2 Å². The van der Waals surface area contributed by atoms with Crippen LogP contribution in [0, 0.1) is 0 Å². The Morgan fingerprint density at radius 3 is 3.28 bits per heavy atom. The predicted molar refractivity (Wildman–Crippen MR) is 77.0 cm³/mol. The maximum Gasteiger partial charge on any atom is 0.181 e. The lowest BCUT2D eigenvalue weighted by molar-refractivity contribution is 0.199. The summed E-state index contributed by atoms with van der Waals surface area (Å²) in [5, 5.41) is 4.11. The van der Waals surface area contributed by atoms with Crippen molar-refractivity contribution < 1.29 is 0 Å². The third-order valence-corrected chi connectivity index (χ3v) is 4.43. The molecule has 1 saturated heterocycles. The van der Waals surface area contributed by atoms with Crippen molar-refractivity contribution in [1.29, 1.82) is 0 Å². The van der Waals surface area contributed by atoms with Crippen LogP contribution in [0.4, 0.5) is 5.13 Å². The molecule has 3 N–H and O–H groups in total. The maximum atomic E-state index is 5.74. The Kier molecular flexibility index (Phi) is 3.20. The molecular weight excluding hydrogens is 244 g/mol. The number of benzene rings is 1. The molecule has 1 atom stereocenters. The van der Waals surface area contributed by atoms with E-state index in [-0.39, 0.29) is 0 Å². The minimum Gasteiger partial charge on any atom is -0.375 e. The zero-order valence-electron chi connectivity index (χ0n) is 10.5. The van der Waals surface area contributed by atoms with Gasteiger partial charge in [0.05, 0.1) is 10.2 Å². The van der Waals surface area contributed by atoms with Crippen LogP contribution in [0.1, 0.15) is 5.56 Å². The summed E-state index contributed by atoms with van der Waals surface area (Å²) in [6, 6.07) is 7.06. The number of hydrogen-bond acceptors (Lipinski definition) is 5. The van der Waals surface area contributed by atoms with Gasteiger partial charge in [0, 0.05) is 25.7 Å². The Morgan fingerprint density at radius 2 is 2.44 bits per heavy atom. The third-order valence-electron chi connectivity index (χ3n) is 3.59. The minimum absolute atomic E-state index is 0.585. The number of nitrogens with zero attached hydrogens (tertiary/aromatic N) is 2. The summed E-state index contributed by atoms with van der Waals surface area (Å²) in [4.78, 5) is 6.72. The molecule has 96 valence electrons. The van der Waals surface area contributed by atoms with E-state index in [1.54, 1.807) is 11.3 Å². The van der Waals surface area contributed by atoms with Crippen LogP contribution >= 0.6 is 11.3 Å². The largest absolute Gasteiger partial charge is 0.375 e.